The molecule has 0 radical (unpaired) electrons. The summed E-state index contributed by atoms with van der Waals surface area (Å²) in [7, 11) is 1.59. The fraction of sp³-hybridized carbons (Fsp3) is 0.250. The average Bonchev–Trinajstić information content (AvgIpc) is 2.55. The summed E-state index contributed by atoms with van der Waals surface area (Å²) in [6, 6.07) is 9.57. The number of benzene rings is 1. The molecule has 108 valence electrons. The number of hydrogen-bond acceptors (Lipinski definition) is 3. The Hall–Kier alpha value is -1.91. The zero-order valence-electron chi connectivity index (χ0n) is 11.8. The van der Waals surface area contributed by atoms with Crippen molar-refractivity contribution >= 4 is 23.2 Å². The number of nitrogens with one attached hydrogen (secondary N) is 1. The van der Waals surface area contributed by atoms with Gasteiger partial charge in [0.15, 0.2) is 0 Å². The van der Waals surface area contributed by atoms with E-state index in [4.69, 9.17) is 16.3 Å². The van der Waals surface area contributed by atoms with Crippen molar-refractivity contribution in [3.8, 4) is 11.1 Å². The summed E-state index contributed by atoms with van der Waals surface area (Å²) in [6.45, 7) is 2.17. The number of methoxy groups -OCH3 is 1. The van der Waals surface area contributed by atoms with E-state index < -0.39 is 0 Å². The first-order valence-electron chi connectivity index (χ1n) is 6.68. The highest BCUT2D eigenvalue weighted by Gasteiger charge is 2.30. The minimum Gasteiger partial charge on any atom is -0.384 e. The van der Waals surface area contributed by atoms with Crippen LogP contribution in [0.4, 0.5) is 5.69 Å². The lowest BCUT2D eigenvalue weighted by Crippen LogP contribution is -2.23. The van der Waals surface area contributed by atoms with Crippen LogP contribution < -0.4 is 5.32 Å². The van der Waals surface area contributed by atoms with Crippen molar-refractivity contribution in [1.82, 2.24) is 4.98 Å². The van der Waals surface area contributed by atoms with Crippen molar-refractivity contribution in [2.75, 3.05) is 19.0 Å². The molecule has 2 heterocycles. The Bertz CT molecular complexity index is 715. The van der Waals surface area contributed by atoms with Crippen LogP contribution in [0.3, 0.4) is 0 Å². The average molecular weight is 303 g/mol. The normalized spacial score (nSPS) is 16.7. The highest BCUT2D eigenvalue weighted by Crippen LogP contribution is 2.41. The minimum atomic E-state index is -0.366. The maximum absolute atomic E-state index is 12.5. The predicted octanol–water partition coefficient (Wildman–Crippen LogP) is 3.39. The van der Waals surface area contributed by atoms with Crippen LogP contribution in [0.25, 0.3) is 11.1 Å². The summed E-state index contributed by atoms with van der Waals surface area (Å²) < 4.78 is 5.21. The quantitative estimate of drug-likeness (QED) is 0.865. The van der Waals surface area contributed by atoms with Crippen molar-refractivity contribution in [2.24, 2.45) is 0 Å². The summed E-state index contributed by atoms with van der Waals surface area (Å²) in [5.74, 6) is -0.459. The first kappa shape index (κ1) is 14.0. The second-order valence-electron chi connectivity index (χ2n) is 5.06. The van der Waals surface area contributed by atoms with Crippen LogP contribution in [0.1, 0.15) is 17.2 Å². The number of carbonyl (C=O) groups is 1. The van der Waals surface area contributed by atoms with E-state index in [1.165, 1.54) is 0 Å². The molecule has 1 amide bonds. The van der Waals surface area contributed by atoms with Crippen molar-refractivity contribution in [3.63, 3.8) is 0 Å². The Morgan fingerprint density at radius 3 is 2.90 bits per heavy atom. The number of halogens is 1. The number of aryl methyl sites for hydroxylation is 1. The van der Waals surface area contributed by atoms with Gasteiger partial charge in [0, 0.05) is 18.4 Å². The molecule has 5 heteroatoms. The largest absolute Gasteiger partial charge is 0.384 e. The third kappa shape index (κ3) is 2.41. The van der Waals surface area contributed by atoms with Crippen molar-refractivity contribution < 1.29 is 9.53 Å². The van der Waals surface area contributed by atoms with Gasteiger partial charge in [0.1, 0.15) is 5.15 Å². The molecule has 1 atom stereocenters. The van der Waals surface area contributed by atoms with E-state index in [1.54, 1.807) is 7.11 Å². The Labute approximate surface area is 128 Å². The molecule has 1 unspecified atom stereocenters. The molecule has 3 rings (SSSR count). The first-order valence-corrected chi connectivity index (χ1v) is 7.06. The summed E-state index contributed by atoms with van der Waals surface area (Å²) in [5, 5.41) is 3.34. The Balaban J connectivity index is 2.29. The molecule has 2 aromatic rings. The van der Waals surface area contributed by atoms with Gasteiger partial charge in [0.05, 0.1) is 18.2 Å². The maximum Gasteiger partial charge on any atom is 0.234 e. The van der Waals surface area contributed by atoms with Gasteiger partial charge >= 0.3 is 0 Å². The summed E-state index contributed by atoms with van der Waals surface area (Å²) in [6.07, 6.45) is 0. The number of carbonyl (C=O) groups excluding carboxylic acids is 1. The van der Waals surface area contributed by atoms with Gasteiger partial charge in [-0.2, -0.15) is 0 Å². The summed E-state index contributed by atoms with van der Waals surface area (Å²) in [5.41, 5.74) is 4.06. The topological polar surface area (TPSA) is 51.2 Å². The molecule has 1 aromatic heterocycles. The van der Waals surface area contributed by atoms with Crippen LogP contribution in [0, 0.1) is 6.92 Å². The summed E-state index contributed by atoms with van der Waals surface area (Å²) >= 11 is 6.33. The highest BCUT2D eigenvalue weighted by atomic mass is 35.5. The number of fused-ring (bicyclic) bond motifs is 3. The predicted molar refractivity (Wildman–Crippen MR) is 82.7 cm³/mol. The van der Waals surface area contributed by atoms with Crippen LogP contribution in [0.15, 0.2) is 30.3 Å². The van der Waals surface area contributed by atoms with Crippen LogP contribution >= 0.6 is 11.6 Å². The van der Waals surface area contributed by atoms with Crippen molar-refractivity contribution in [2.45, 2.75) is 12.8 Å². The van der Waals surface area contributed by atoms with E-state index in [9.17, 15) is 4.79 Å². The van der Waals surface area contributed by atoms with Crippen molar-refractivity contribution in [3.05, 3.63) is 46.7 Å². The number of nitrogens with zero attached hydrogens (tertiary/aromatic N) is 1. The molecule has 1 aliphatic heterocycles. The van der Waals surface area contributed by atoms with Gasteiger partial charge in [-0.15, -0.1) is 0 Å². The Kier molecular flexibility index (Phi) is 3.66. The number of ether oxygens (including phenoxy) is 1. The van der Waals surface area contributed by atoms with Crippen molar-refractivity contribution in [1.29, 1.82) is 0 Å². The number of amides is 1. The number of rotatable bonds is 2. The van der Waals surface area contributed by atoms with Gasteiger partial charge in [-0.1, -0.05) is 35.9 Å². The van der Waals surface area contributed by atoms with Crippen LogP contribution in [-0.2, 0) is 9.53 Å². The Morgan fingerprint density at radius 1 is 1.38 bits per heavy atom. The van der Waals surface area contributed by atoms with E-state index >= 15 is 0 Å². The van der Waals surface area contributed by atoms with E-state index in [0.717, 1.165) is 22.4 Å². The van der Waals surface area contributed by atoms with E-state index in [0.29, 0.717) is 17.4 Å². The van der Waals surface area contributed by atoms with Crippen LogP contribution in [0.2, 0.25) is 5.15 Å². The van der Waals surface area contributed by atoms with E-state index in [-0.39, 0.29) is 11.8 Å². The molecule has 21 heavy (non-hydrogen) atoms. The van der Waals surface area contributed by atoms with Crippen LogP contribution in [0.5, 0.6) is 0 Å². The van der Waals surface area contributed by atoms with Gasteiger partial charge in [0.2, 0.25) is 5.91 Å². The zero-order chi connectivity index (χ0) is 15.0. The lowest BCUT2D eigenvalue weighted by Gasteiger charge is -2.15. The Morgan fingerprint density at radius 2 is 2.14 bits per heavy atom. The molecule has 0 saturated carbocycles. The number of anilines is 1. The number of aromatic nitrogens is 1. The van der Waals surface area contributed by atoms with Gasteiger partial charge in [-0.25, -0.2) is 4.98 Å². The van der Waals surface area contributed by atoms with Crippen LogP contribution in [-0.4, -0.2) is 24.6 Å². The van der Waals surface area contributed by atoms with E-state index in [2.05, 4.69) is 10.3 Å². The smallest absolute Gasteiger partial charge is 0.234 e. The molecular formula is C16H15ClN2O2. The standard InChI is InChI=1S/C16H15ClN2O2/c1-9-7-13-14(15(17)18-9)11-6-4-3-5-10(11)12(8-21-2)16(20)19-13/h3-7,12H,8H2,1-2H3,(H,19,20). The SMILES string of the molecule is COCC1C(=O)Nc2cc(C)nc(Cl)c2-c2ccccc21. The molecular weight excluding hydrogens is 288 g/mol. The molecule has 4 nitrogen and oxygen atoms in total. The highest BCUT2D eigenvalue weighted by molar-refractivity contribution is 6.33. The fourth-order valence-electron chi connectivity index (χ4n) is 2.71. The van der Waals surface area contributed by atoms with E-state index in [1.807, 2.05) is 37.3 Å². The molecule has 0 fully saturated rings. The fourth-order valence-corrected chi connectivity index (χ4v) is 3.05. The van der Waals surface area contributed by atoms with Gasteiger partial charge < -0.3 is 10.1 Å². The minimum absolute atomic E-state index is 0.0929. The molecule has 0 aliphatic carbocycles. The lowest BCUT2D eigenvalue weighted by molar-refractivity contribution is -0.118. The lowest BCUT2D eigenvalue weighted by atomic mass is 9.92. The van der Waals surface area contributed by atoms with Gasteiger partial charge in [-0.05, 0) is 24.1 Å². The summed E-state index contributed by atoms with van der Waals surface area (Å²) in [4.78, 5) is 16.8. The van der Waals surface area contributed by atoms with Gasteiger partial charge in [0.25, 0.3) is 0 Å². The van der Waals surface area contributed by atoms with Gasteiger partial charge in [-0.3, -0.25) is 4.79 Å². The second-order valence-corrected chi connectivity index (χ2v) is 5.42. The molecule has 0 saturated heterocycles. The third-order valence-electron chi connectivity index (χ3n) is 3.62. The molecule has 0 spiro atoms. The zero-order valence-corrected chi connectivity index (χ0v) is 12.6. The molecule has 1 aromatic carbocycles. The first-order chi connectivity index (χ1) is 10.1. The monoisotopic (exact) mass is 302 g/mol. The molecule has 1 N–H and O–H groups in total. The number of hydrogen-bond donors (Lipinski definition) is 1. The third-order valence-corrected chi connectivity index (χ3v) is 3.89. The molecule has 0 bridgehead atoms. The second kappa shape index (κ2) is 5.47. The maximum atomic E-state index is 12.5. The number of pyridine rings is 1. The molecule has 1 aliphatic rings.